The lowest BCUT2D eigenvalue weighted by Crippen LogP contribution is -2.38. The SMILES string of the molecule is CC[C@H](N)[C@@H](C)Nc1nc(Nc2cnc3c(c2)c(OC)nn3C)c(C(N)=O)cc1F. The molecule has 3 rings (SSSR count). The van der Waals surface area contributed by atoms with E-state index in [-0.39, 0.29) is 29.3 Å². The zero-order valence-electron chi connectivity index (χ0n) is 17.2. The molecule has 6 N–H and O–H groups in total. The van der Waals surface area contributed by atoms with E-state index in [4.69, 9.17) is 16.2 Å². The number of primary amides is 1. The van der Waals surface area contributed by atoms with Gasteiger partial charge in [0.05, 0.1) is 29.9 Å². The Morgan fingerprint density at radius 3 is 2.73 bits per heavy atom. The Bertz CT molecular complexity index is 1080. The third kappa shape index (κ3) is 4.10. The molecule has 0 saturated carbocycles. The van der Waals surface area contributed by atoms with Crippen molar-refractivity contribution in [2.24, 2.45) is 18.5 Å². The van der Waals surface area contributed by atoms with Crippen LogP contribution in [0.1, 0.15) is 30.6 Å². The molecule has 0 fully saturated rings. The highest BCUT2D eigenvalue weighted by Crippen LogP contribution is 2.28. The third-order valence-corrected chi connectivity index (χ3v) is 4.82. The van der Waals surface area contributed by atoms with Crippen LogP contribution < -0.4 is 26.8 Å². The molecule has 0 radical (unpaired) electrons. The molecule has 2 atom stereocenters. The molecular weight excluding hydrogens is 391 g/mol. The van der Waals surface area contributed by atoms with Gasteiger partial charge in [-0.25, -0.2) is 19.0 Å². The number of methoxy groups -OCH3 is 1. The monoisotopic (exact) mass is 416 g/mol. The van der Waals surface area contributed by atoms with Gasteiger partial charge in [-0.05, 0) is 25.5 Å². The number of hydrogen-bond acceptors (Lipinski definition) is 8. The number of fused-ring (bicyclic) bond motifs is 1. The van der Waals surface area contributed by atoms with Crippen LogP contribution >= 0.6 is 0 Å². The van der Waals surface area contributed by atoms with Crippen molar-refractivity contribution in [3.8, 4) is 5.88 Å². The third-order valence-electron chi connectivity index (χ3n) is 4.82. The average Bonchev–Trinajstić information content (AvgIpc) is 3.04. The number of amides is 1. The number of aromatic nitrogens is 4. The normalized spacial score (nSPS) is 13.1. The lowest BCUT2D eigenvalue weighted by atomic mass is 10.1. The highest BCUT2D eigenvalue weighted by atomic mass is 19.1. The van der Waals surface area contributed by atoms with E-state index in [1.165, 1.54) is 7.11 Å². The van der Waals surface area contributed by atoms with Gasteiger partial charge in [0.25, 0.3) is 5.91 Å². The number of nitrogens with zero attached hydrogens (tertiary/aromatic N) is 4. The van der Waals surface area contributed by atoms with Crippen LogP contribution in [-0.2, 0) is 7.05 Å². The van der Waals surface area contributed by atoms with E-state index in [0.717, 1.165) is 6.07 Å². The van der Waals surface area contributed by atoms with Gasteiger partial charge in [-0.2, -0.15) is 0 Å². The van der Waals surface area contributed by atoms with Crippen LogP contribution in [0.4, 0.5) is 21.7 Å². The Hall–Kier alpha value is -3.47. The number of pyridine rings is 2. The van der Waals surface area contributed by atoms with E-state index in [0.29, 0.717) is 29.0 Å². The molecule has 0 saturated heterocycles. The number of aryl methyl sites for hydroxylation is 1. The summed E-state index contributed by atoms with van der Waals surface area (Å²) in [6.45, 7) is 3.77. The lowest BCUT2D eigenvalue weighted by molar-refractivity contribution is 0.100. The van der Waals surface area contributed by atoms with Gasteiger partial charge in [-0.15, -0.1) is 5.10 Å². The van der Waals surface area contributed by atoms with Gasteiger partial charge in [-0.3, -0.25) is 4.79 Å². The van der Waals surface area contributed by atoms with Crippen molar-refractivity contribution in [2.75, 3.05) is 17.7 Å². The first-order valence-corrected chi connectivity index (χ1v) is 9.41. The standard InChI is InChI=1S/C19H25FN8O2/c1-5-14(21)9(2)24-17-13(20)7-11(15(22)29)16(26-17)25-10-6-12-18(23-8-10)28(3)27-19(12)30-4/h6-9,14H,5,21H2,1-4H3,(H2,22,29)(H2,24,25,26)/t9-,14+/m1/s1. The Kier molecular flexibility index (Phi) is 6.01. The quantitative estimate of drug-likeness (QED) is 0.435. The van der Waals surface area contributed by atoms with E-state index in [1.807, 2.05) is 13.8 Å². The fraction of sp³-hybridized carbons (Fsp3) is 0.368. The number of halogens is 1. The van der Waals surface area contributed by atoms with E-state index < -0.39 is 11.7 Å². The molecule has 3 heterocycles. The van der Waals surface area contributed by atoms with E-state index in [9.17, 15) is 9.18 Å². The van der Waals surface area contributed by atoms with Crippen molar-refractivity contribution < 1.29 is 13.9 Å². The van der Waals surface area contributed by atoms with Crippen LogP contribution in [0.3, 0.4) is 0 Å². The largest absolute Gasteiger partial charge is 0.479 e. The molecule has 3 aromatic rings. The highest BCUT2D eigenvalue weighted by molar-refractivity contribution is 5.99. The molecule has 30 heavy (non-hydrogen) atoms. The maximum atomic E-state index is 14.5. The van der Waals surface area contributed by atoms with Crippen LogP contribution in [0.2, 0.25) is 0 Å². The summed E-state index contributed by atoms with van der Waals surface area (Å²) in [4.78, 5) is 20.4. The van der Waals surface area contributed by atoms with Gasteiger partial charge in [-0.1, -0.05) is 6.92 Å². The molecule has 0 bridgehead atoms. The van der Waals surface area contributed by atoms with Crippen molar-refractivity contribution in [3.05, 3.63) is 29.7 Å². The summed E-state index contributed by atoms with van der Waals surface area (Å²) in [5.74, 6) is -1.07. The minimum Gasteiger partial charge on any atom is -0.479 e. The smallest absolute Gasteiger partial charge is 0.252 e. The highest BCUT2D eigenvalue weighted by Gasteiger charge is 2.20. The van der Waals surface area contributed by atoms with Crippen LogP contribution in [-0.4, -0.2) is 44.8 Å². The average molecular weight is 416 g/mol. The topological polar surface area (TPSA) is 146 Å². The summed E-state index contributed by atoms with van der Waals surface area (Å²) >= 11 is 0. The Morgan fingerprint density at radius 1 is 1.37 bits per heavy atom. The number of nitrogens with one attached hydrogen (secondary N) is 2. The van der Waals surface area contributed by atoms with Gasteiger partial charge in [0, 0.05) is 19.1 Å². The summed E-state index contributed by atoms with van der Waals surface area (Å²) in [6.07, 6.45) is 2.25. The number of carbonyl (C=O) groups excluding carboxylic acids is 1. The first-order chi connectivity index (χ1) is 14.2. The predicted octanol–water partition coefficient (Wildman–Crippen LogP) is 1.89. The maximum absolute atomic E-state index is 14.5. The fourth-order valence-electron chi connectivity index (χ4n) is 3.02. The first kappa shape index (κ1) is 21.2. The van der Waals surface area contributed by atoms with Crippen molar-refractivity contribution in [1.29, 1.82) is 0 Å². The van der Waals surface area contributed by atoms with E-state index in [1.54, 1.807) is 24.0 Å². The van der Waals surface area contributed by atoms with Gasteiger partial charge < -0.3 is 26.8 Å². The summed E-state index contributed by atoms with van der Waals surface area (Å²) < 4.78 is 21.4. The van der Waals surface area contributed by atoms with Gasteiger partial charge in [0.2, 0.25) is 5.88 Å². The minimum atomic E-state index is -0.818. The van der Waals surface area contributed by atoms with Crippen LogP contribution in [0, 0.1) is 5.82 Å². The maximum Gasteiger partial charge on any atom is 0.252 e. The van der Waals surface area contributed by atoms with Crippen LogP contribution in [0.15, 0.2) is 18.3 Å². The second kappa shape index (κ2) is 8.49. The summed E-state index contributed by atoms with van der Waals surface area (Å²) in [7, 11) is 3.26. The van der Waals surface area contributed by atoms with Crippen LogP contribution in [0.25, 0.3) is 11.0 Å². The van der Waals surface area contributed by atoms with E-state index in [2.05, 4.69) is 25.7 Å². The Balaban J connectivity index is 2.00. The van der Waals surface area contributed by atoms with Gasteiger partial charge in [0.1, 0.15) is 5.82 Å². The summed E-state index contributed by atoms with van der Waals surface area (Å²) in [5.41, 5.74) is 12.4. The number of nitrogens with two attached hydrogens (primary N) is 2. The molecule has 1 amide bonds. The number of hydrogen-bond donors (Lipinski definition) is 4. The minimum absolute atomic E-state index is 0.0353. The second-order valence-electron chi connectivity index (χ2n) is 6.94. The zero-order valence-corrected chi connectivity index (χ0v) is 17.2. The van der Waals surface area contributed by atoms with Gasteiger partial charge in [0.15, 0.2) is 17.3 Å². The molecule has 160 valence electrons. The summed E-state index contributed by atoms with van der Waals surface area (Å²) in [5, 5.41) is 10.8. The molecule has 0 aliphatic rings. The molecule has 0 aliphatic carbocycles. The zero-order chi connectivity index (χ0) is 22.0. The number of carbonyl (C=O) groups is 1. The molecule has 11 heteroatoms. The first-order valence-electron chi connectivity index (χ1n) is 9.41. The molecule has 0 aromatic carbocycles. The van der Waals surface area contributed by atoms with Crippen molar-refractivity contribution in [2.45, 2.75) is 32.4 Å². The Morgan fingerprint density at radius 2 is 2.10 bits per heavy atom. The fourth-order valence-corrected chi connectivity index (χ4v) is 3.02. The summed E-state index contributed by atoms with van der Waals surface area (Å²) in [6, 6.07) is 2.36. The number of ether oxygens (including phenoxy) is 1. The number of anilines is 3. The van der Waals surface area contributed by atoms with Gasteiger partial charge >= 0.3 is 0 Å². The molecule has 0 aliphatic heterocycles. The molecule has 0 spiro atoms. The van der Waals surface area contributed by atoms with Crippen molar-refractivity contribution in [1.82, 2.24) is 19.7 Å². The molecular formula is C19H25FN8O2. The second-order valence-corrected chi connectivity index (χ2v) is 6.94. The molecule has 10 nitrogen and oxygen atoms in total. The predicted molar refractivity (Wildman–Crippen MR) is 112 cm³/mol. The van der Waals surface area contributed by atoms with Crippen LogP contribution in [0.5, 0.6) is 5.88 Å². The van der Waals surface area contributed by atoms with Crippen molar-refractivity contribution in [3.63, 3.8) is 0 Å². The molecule has 0 unspecified atom stereocenters. The van der Waals surface area contributed by atoms with E-state index >= 15 is 0 Å². The number of rotatable bonds is 8. The molecule has 3 aromatic heterocycles. The van der Waals surface area contributed by atoms with Crippen molar-refractivity contribution >= 4 is 34.3 Å². The lowest BCUT2D eigenvalue weighted by Gasteiger charge is -2.21. The Labute approximate surface area is 172 Å².